The molecule has 0 aromatic carbocycles. The third-order valence-corrected chi connectivity index (χ3v) is 3.06. The molecule has 0 rings (SSSR count). The number of hydrogen-bond donors (Lipinski definition) is 0. The highest BCUT2D eigenvalue weighted by atomic mass is 17.5. The maximum absolute atomic E-state index is 5.35. The second-order valence-electron chi connectivity index (χ2n) is 4.95. The highest BCUT2D eigenvalue weighted by molar-refractivity contribution is 4.57. The zero-order valence-corrected chi connectivity index (χ0v) is 12.6. The lowest BCUT2D eigenvalue weighted by molar-refractivity contribution is -0.527. The molecule has 0 heterocycles. The quantitative estimate of drug-likeness (QED) is 0.244. The van der Waals surface area contributed by atoms with Gasteiger partial charge in [0.05, 0.1) is 12.7 Å². The average Bonchev–Trinajstić information content (AvgIpc) is 2.39. The first kappa shape index (κ1) is 17.9. The molecule has 110 valence electrons. The summed E-state index contributed by atoms with van der Waals surface area (Å²) in [6, 6.07) is 0. The van der Waals surface area contributed by atoms with E-state index in [0.29, 0.717) is 6.61 Å². The van der Waals surface area contributed by atoms with Gasteiger partial charge >= 0.3 is 0 Å². The Morgan fingerprint density at radius 1 is 0.722 bits per heavy atom. The Labute approximate surface area is 113 Å². The van der Waals surface area contributed by atoms with Crippen molar-refractivity contribution >= 4 is 0 Å². The first-order valence-electron chi connectivity index (χ1n) is 7.80. The summed E-state index contributed by atoms with van der Waals surface area (Å²) in [4.78, 5) is 10.3. The third kappa shape index (κ3) is 12.3. The first-order chi connectivity index (χ1) is 8.85. The summed E-state index contributed by atoms with van der Waals surface area (Å²) in [5.74, 6) is 0. The van der Waals surface area contributed by atoms with Gasteiger partial charge in [0.1, 0.15) is 0 Å². The molecule has 0 fully saturated rings. The molecule has 1 unspecified atom stereocenters. The fourth-order valence-corrected chi connectivity index (χ4v) is 1.79. The van der Waals surface area contributed by atoms with Crippen LogP contribution in [-0.2, 0) is 14.8 Å². The van der Waals surface area contributed by atoms with Crippen LogP contribution < -0.4 is 0 Å². The van der Waals surface area contributed by atoms with Gasteiger partial charge in [-0.25, -0.2) is 9.78 Å². The van der Waals surface area contributed by atoms with Crippen LogP contribution in [0.4, 0.5) is 0 Å². The molecule has 0 saturated carbocycles. The second-order valence-corrected chi connectivity index (χ2v) is 4.95. The van der Waals surface area contributed by atoms with Crippen molar-refractivity contribution in [3.05, 3.63) is 0 Å². The Bertz CT molecular complexity index is 151. The van der Waals surface area contributed by atoms with Crippen molar-refractivity contribution < 1.29 is 14.8 Å². The molecule has 3 nitrogen and oxygen atoms in total. The van der Waals surface area contributed by atoms with Crippen LogP contribution in [0.1, 0.15) is 85.0 Å². The van der Waals surface area contributed by atoms with Crippen LogP contribution in [0, 0.1) is 0 Å². The molecule has 0 aliphatic heterocycles. The van der Waals surface area contributed by atoms with Crippen LogP contribution in [0.2, 0.25) is 0 Å². The largest absolute Gasteiger partial charge is 0.206 e. The van der Waals surface area contributed by atoms with Crippen LogP contribution in [0.3, 0.4) is 0 Å². The fraction of sp³-hybridized carbons (Fsp3) is 1.00. The molecule has 0 aliphatic carbocycles. The Kier molecular flexibility index (Phi) is 14.8. The molecule has 0 amide bonds. The van der Waals surface area contributed by atoms with Crippen LogP contribution in [-0.4, -0.2) is 12.7 Å². The Morgan fingerprint density at radius 3 is 2.06 bits per heavy atom. The number of hydrogen-bond acceptors (Lipinski definition) is 3. The lowest BCUT2D eigenvalue weighted by atomic mass is 10.0. The predicted octanol–water partition coefficient (Wildman–Crippen LogP) is 5.20. The number of unbranched alkanes of at least 4 members (excludes halogenated alkanes) is 5. The van der Waals surface area contributed by atoms with E-state index >= 15 is 0 Å². The summed E-state index contributed by atoms with van der Waals surface area (Å²) < 4.78 is 0. The molecule has 0 N–H and O–H groups in total. The minimum atomic E-state index is 0.198. The van der Waals surface area contributed by atoms with Crippen molar-refractivity contribution in [2.75, 3.05) is 6.61 Å². The van der Waals surface area contributed by atoms with Gasteiger partial charge in [0.25, 0.3) is 0 Å². The number of rotatable bonds is 14. The summed E-state index contributed by atoms with van der Waals surface area (Å²) >= 11 is 0. The highest BCUT2D eigenvalue weighted by Gasteiger charge is 2.10. The fourth-order valence-electron chi connectivity index (χ4n) is 1.79. The summed E-state index contributed by atoms with van der Waals surface area (Å²) in [5.41, 5.74) is 0. The van der Waals surface area contributed by atoms with Crippen molar-refractivity contribution in [2.24, 2.45) is 0 Å². The Morgan fingerprint density at radius 2 is 1.39 bits per heavy atom. The normalized spacial score (nSPS) is 12.8. The molecular formula is C15H32O3. The molecule has 0 spiro atoms. The monoisotopic (exact) mass is 260 g/mol. The van der Waals surface area contributed by atoms with Gasteiger partial charge in [-0.2, -0.15) is 0 Å². The van der Waals surface area contributed by atoms with Gasteiger partial charge in [0.15, 0.2) is 0 Å². The lowest BCUT2D eigenvalue weighted by Crippen LogP contribution is -2.14. The summed E-state index contributed by atoms with van der Waals surface area (Å²) in [6.45, 7) is 7.18. The van der Waals surface area contributed by atoms with E-state index in [4.69, 9.17) is 14.8 Å². The standard InChI is InChI=1S/C15H32O3/c1-4-7-10-11-13-15(12-8-5-2)17-18-16-14-9-6-3/h15H,4-14H2,1-3H3. The zero-order valence-electron chi connectivity index (χ0n) is 12.6. The molecule has 0 bridgehead atoms. The molecule has 1 atom stereocenters. The van der Waals surface area contributed by atoms with Gasteiger partial charge in [0.2, 0.25) is 0 Å². The smallest absolute Gasteiger partial charge is 0.0961 e. The van der Waals surface area contributed by atoms with Crippen LogP contribution in [0.5, 0.6) is 0 Å². The summed E-state index contributed by atoms with van der Waals surface area (Å²) in [7, 11) is 0. The van der Waals surface area contributed by atoms with Gasteiger partial charge in [-0.05, 0) is 19.3 Å². The Hall–Kier alpha value is -0.120. The lowest BCUT2D eigenvalue weighted by Gasteiger charge is -2.15. The molecule has 0 radical (unpaired) electrons. The van der Waals surface area contributed by atoms with E-state index in [2.05, 4.69) is 20.8 Å². The topological polar surface area (TPSA) is 27.7 Å². The van der Waals surface area contributed by atoms with E-state index in [1.165, 1.54) is 38.5 Å². The van der Waals surface area contributed by atoms with Crippen molar-refractivity contribution in [1.82, 2.24) is 0 Å². The van der Waals surface area contributed by atoms with Gasteiger partial charge in [-0.1, -0.05) is 70.8 Å². The average molecular weight is 260 g/mol. The predicted molar refractivity (Wildman–Crippen MR) is 75.1 cm³/mol. The molecule has 0 aromatic heterocycles. The second kappa shape index (κ2) is 14.9. The van der Waals surface area contributed by atoms with Gasteiger partial charge in [-0.3, -0.25) is 0 Å². The maximum Gasteiger partial charge on any atom is 0.0961 e. The molecule has 0 aromatic rings. The van der Waals surface area contributed by atoms with Crippen LogP contribution in [0.15, 0.2) is 0 Å². The van der Waals surface area contributed by atoms with Crippen molar-refractivity contribution in [3.63, 3.8) is 0 Å². The van der Waals surface area contributed by atoms with E-state index in [1.807, 2.05) is 0 Å². The van der Waals surface area contributed by atoms with E-state index in [-0.39, 0.29) is 6.10 Å². The first-order valence-corrected chi connectivity index (χ1v) is 7.80. The van der Waals surface area contributed by atoms with Crippen LogP contribution >= 0.6 is 0 Å². The van der Waals surface area contributed by atoms with E-state index in [0.717, 1.165) is 25.7 Å². The molecular weight excluding hydrogens is 228 g/mol. The Balaban J connectivity index is 3.56. The summed E-state index contributed by atoms with van der Waals surface area (Å²) in [5, 5.41) is 4.85. The van der Waals surface area contributed by atoms with Crippen molar-refractivity contribution in [2.45, 2.75) is 91.1 Å². The van der Waals surface area contributed by atoms with Gasteiger partial charge in [0, 0.05) is 0 Å². The van der Waals surface area contributed by atoms with Crippen molar-refractivity contribution in [3.8, 4) is 0 Å². The van der Waals surface area contributed by atoms with E-state index < -0.39 is 0 Å². The molecule has 3 heteroatoms. The minimum Gasteiger partial charge on any atom is -0.206 e. The highest BCUT2D eigenvalue weighted by Crippen LogP contribution is 2.14. The minimum absolute atomic E-state index is 0.198. The molecule has 18 heavy (non-hydrogen) atoms. The van der Waals surface area contributed by atoms with E-state index in [1.54, 1.807) is 0 Å². The summed E-state index contributed by atoms with van der Waals surface area (Å²) in [6.07, 6.45) is 12.0. The van der Waals surface area contributed by atoms with E-state index in [9.17, 15) is 0 Å². The molecule has 0 aliphatic rings. The molecule has 0 saturated heterocycles. The third-order valence-electron chi connectivity index (χ3n) is 3.06. The maximum atomic E-state index is 5.35. The van der Waals surface area contributed by atoms with Gasteiger partial charge in [-0.15, -0.1) is 0 Å². The zero-order chi connectivity index (χ0) is 13.5. The SMILES string of the molecule is CCCCCCC(CCCC)OOOCCCC. The van der Waals surface area contributed by atoms with Crippen LogP contribution in [0.25, 0.3) is 0 Å². The van der Waals surface area contributed by atoms with Crippen molar-refractivity contribution in [1.29, 1.82) is 0 Å². The van der Waals surface area contributed by atoms with Gasteiger partial charge < -0.3 is 0 Å².